The number of nitro benzene ring substituents is 1. The molecule has 0 amide bonds. The third-order valence-electron chi connectivity index (χ3n) is 5.26. The average molecular weight is 456 g/mol. The van der Waals surface area contributed by atoms with Crippen LogP contribution in [0.1, 0.15) is 18.2 Å². The molecule has 0 saturated carbocycles. The molecule has 1 aromatic carbocycles. The van der Waals surface area contributed by atoms with Crippen LogP contribution >= 0.6 is 0 Å². The minimum atomic E-state index is -0.796. The lowest BCUT2D eigenvalue weighted by Gasteiger charge is -2.14. The molecule has 3 aromatic rings. The molecule has 3 atom stereocenters. The number of nitrogens with one attached hydrogen (secondary N) is 1. The first-order valence-electron chi connectivity index (χ1n) is 10.4. The van der Waals surface area contributed by atoms with Gasteiger partial charge >= 0.3 is 0 Å². The van der Waals surface area contributed by atoms with Gasteiger partial charge in [-0.3, -0.25) is 14.7 Å². The lowest BCUT2D eigenvalue weighted by atomic mass is 10.1. The van der Waals surface area contributed by atoms with E-state index in [0.29, 0.717) is 30.1 Å². The van der Waals surface area contributed by atoms with Crippen molar-refractivity contribution >= 4 is 22.8 Å². The SMILES string of the molecule is C=CCNc1nc(OCCc2ccc([N+](=O)[O-])cc2)c2ncn([C@H]3CC(O)[C@@H](CO)O3)c2n1. The quantitative estimate of drug-likeness (QED) is 0.232. The molecule has 0 radical (unpaired) electrons. The molecule has 12 heteroatoms. The summed E-state index contributed by atoms with van der Waals surface area (Å²) < 4.78 is 13.3. The van der Waals surface area contributed by atoms with Crippen LogP contribution in [0.4, 0.5) is 11.6 Å². The minimum absolute atomic E-state index is 0.0309. The van der Waals surface area contributed by atoms with E-state index in [1.807, 2.05) is 0 Å². The van der Waals surface area contributed by atoms with Gasteiger partial charge in [-0.15, -0.1) is 6.58 Å². The largest absolute Gasteiger partial charge is 0.476 e. The van der Waals surface area contributed by atoms with Gasteiger partial charge in [0.05, 0.1) is 30.6 Å². The summed E-state index contributed by atoms with van der Waals surface area (Å²) in [6, 6.07) is 6.27. The molecule has 33 heavy (non-hydrogen) atoms. The second-order valence-electron chi connectivity index (χ2n) is 7.48. The minimum Gasteiger partial charge on any atom is -0.476 e. The molecule has 2 aromatic heterocycles. The first kappa shape index (κ1) is 22.6. The Kier molecular flexibility index (Phi) is 6.77. The molecule has 1 saturated heterocycles. The van der Waals surface area contributed by atoms with E-state index in [1.165, 1.54) is 18.5 Å². The van der Waals surface area contributed by atoms with Crippen LogP contribution in [0.5, 0.6) is 5.88 Å². The Hall–Kier alpha value is -3.61. The van der Waals surface area contributed by atoms with Gasteiger partial charge in [-0.1, -0.05) is 18.2 Å². The molecule has 3 heterocycles. The maximum absolute atomic E-state index is 10.8. The van der Waals surface area contributed by atoms with Gasteiger partial charge in [0.1, 0.15) is 12.3 Å². The number of ether oxygens (including phenoxy) is 2. The summed E-state index contributed by atoms with van der Waals surface area (Å²) in [4.78, 5) is 23.7. The molecule has 1 unspecified atom stereocenters. The Morgan fingerprint density at radius 1 is 1.36 bits per heavy atom. The van der Waals surface area contributed by atoms with Crippen LogP contribution in [-0.2, 0) is 11.2 Å². The average Bonchev–Trinajstić information content (AvgIpc) is 3.41. The highest BCUT2D eigenvalue weighted by atomic mass is 16.6. The fourth-order valence-electron chi connectivity index (χ4n) is 3.54. The van der Waals surface area contributed by atoms with E-state index in [-0.39, 0.29) is 31.2 Å². The van der Waals surface area contributed by atoms with E-state index in [0.717, 1.165) is 5.56 Å². The molecule has 0 spiro atoms. The number of nitrogens with zero attached hydrogens (tertiary/aromatic N) is 5. The standard InChI is InChI=1S/C21H24N6O6/c1-2-8-22-21-24-19-18(23-12-26(19)17-10-15(29)16(11-28)33-17)20(25-21)32-9-7-13-3-5-14(6-4-13)27(30)31/h2-6,12,15-17,28-29H,1,7-11H2,(H,22,24,25)/t15?,16-,17-/m1/s1. The molecule has 12 nitrogen and oxygen atoms in total. The number of nitro groups is 1. The van der Waals surface area contributed by atoms with Crippen LogP contribution in [0.25, 0.3) is 11.2 Å². The number of aliphatic hydroxyl groups is 2. The van der Waals surface area contributed by atoms with Crippen molar-refractivity contribution in [3.63, 3.8) is 0 Å². The summed E-state index contributed by atoms with van der Waals surface area (Å²) in [6.07, 6.45) is 1.99. The van der Waals surface area contributed by atoms with E-state index in [9.17, 15) is 20.3 Å². The van der Waals surface area contributed by atoms with Crippen LogP contribution in [-0.4, -0.2) is 66.6 Å². The Morgan fingerprint density at radius 2 is 2.15 bits per heavy atom. The van der Waals surface area contributed by atoms with Gasteiger partial charge in [-0.2, -0.15) is 9.97 Å². The third-order valence-corrected chi connectivity index (χ3v) is 5.26. The topological polar surface area (TPSA) is 158 Å². The fourth-order valence-corrected chi connectivity index (χ4v) is 3.54. The van der Waals surface area contributed by atoms with Crippen molar-refractivity contribution in [1.82, 2.24) is 19.5 Å². The van der Waals surface area contributed by atoms with Crippen molar-refractivity contribution < 1.29 is 24.6 Å². The second-order valence-corrected chi connectivity index (χ2v) is 7.48. The smallest absolute Gasteiger partial charge is 0.269 e. The summed E-state index contributed by atoms with van der Waals surface area (Å²) in [5, 5.41) is 33.3. The predicted octanol–water partition coefficient (Wildman–Crippen LogP) is 1.59. The van der Waals surface area contributed by atoms with E-state index in [4.69, 9.17) is 9.47 Å². The summed E-state index contributed by atoms with van der Waals surface area (Å²) in [6.45, 7) is 4.09. The normalized spacial score (nSPS) is 20.1. The first-order valence-corrected chi connectivity index (χ1v) is 10.4. The molecule has 0 aliphatic carbocycles. The Bertz CT molecular complexity index is 1130. The van der Waals surface area contributed by atoms with Crippen molar-refractivity contribution in [2.75, 3.05) is 25.1 Å². The molecule has 1 fully saturated rings. The summed E-state index contributed by atoms with van der Waals surface area (Å²) >= 11 is 0. The van der Waals surface area contributed by atoms with Crippen LogP contribution in [0.15, 0.2) is 43.2 Å². The number of rotatable bonds is 10. The molecule has 174 valence electrons. The Morgan fingerprint density at radius 3 is 2.82 bits per heavy atom. The summed E-state index contributed by atoms with van der Waals surface area (Å²) in [7, 11) is 0. The van der Waals surface area contributed by atoms with Crippen LogP contribution in [0, 0.1) is 10.1 Å². The number of imidazole rings is 1. The second kappa shape index (κ2) is 9.90. The van der Waals surface area contributed by atoms with Gasteiger partial charge in [0.15, 0.2) is 11.2 Å². The molecule has 4 rings (SSSR count). The number of hydrogen-bond donors (Lipinski definition) is 3. The first-order chi connectivity index (χ1) is 16.0. The van der Waals surface area contributed by atoms with Gasteiger partial charge in [0, 0.05) is 31.5 Å². The van der Waals surface area contributed by atoms with Gasteiger partial charge in [0.25, 0.3) is 5.69 Å². The number of non-ortho nitro benzene ring substituents is 1. The fraction of sp³-hybridized carbons (Fsp3) is 0.381. The van der Waals surface area contributed by atoms with Gasteiger partial charge in [-0.25, -0.2) is 4.98 Å². The molecule has 3 N–H and O–H groups in total. The van der Waals surface area contributed by atoms with Crippen molar-refractivity contribution in [2.45, 2.75) is 31.3 Å². The van der Waals surface area contributed by atoms with Crippen molar-refractivity contribution in [2.24, 2.45) is 0 Å². The van der Waals surface area contributed by atoms with E-state index in [1.54, 1.807) is 22.8 Å². The van der Waals surface area contributed by atoms with Crippen molar-refractivity contribution in [3.8, 4) is 5.88 Å². The summed E-state index contributed by atoms with van der Waals surface area (Å²) in [5.74, 6) is 0.580. The molecular formula is C21H24N6O6. The van der Waals surface area contributed by atoms with Crippen LogP contribution < -0.4 is 10.1 Å². The van der Waals surface area contributed by atoms with Crippen LogP contribution in [0.2, 0.25) is 0 Å². The highest BCUT2D eigenvalue weighted by Crippen LogP contribution is 2.32. The Labute approximate surface area is 188 Å². The number of hydrogen-bond acceptors (Lipinski definition) is 10. The maximum Gasteiger partial charge on any atom is 0.269 e. The zero-order chi connectivity index (χ0) is 23.4. The molecular weight excluding hydrogens is 432 g/mol. The zero-order valence-electron chi connectivity index (χ0n) is 17.7. The molecule has 1 aliphatic rings. The monoisotopic (exact) mass is 456 g/mol. The lowest BCUT2D eigenvalue weighted by molar-refractivity contribution is -0.384. The maximum atomic E-state index is 10.8. The number of aliphatic hydroxyl groups excluding tert-OH is 2. The number of anilines is 1. The highest BCUT2D eigenvalue weighted by Gasteiger charge is 2.35. The van der Waals surface area contributed by atoms with Crippen molar-refractivity contribution in [3.05, 3.63) is 58.9 Å². The highest BCUT2D eigenvalue weighted by molar-refractivity contribution is 5.78. The third kappa shape index (κ3) is 4.92. The van der Waals surface area contributed by atoms with Gasteiger partial charge in [0.2, 0.25) is 11.8 Å². The van der Waals surface area contributed by atoms with Crippen molar-refractivity contribution in [1.29, 1.82) is 0 Å². The van der Waals surface area contributed by atoms with Crippen LogP contribution in [0.3, 0.4) is 0 Å². The lowest BCUT2D eigenvalue weighted by Crippen LogP contribution is -2.24. The van der Waals surface area contributed by atoms with Gasteiger partial charge < -0.3 is 25.0 Å². The number of benzene rings is 1. The van der Waals surface area contributed by atoms with E-state index in [2.05, 4.69) is 26.8 Å². The predicted molar refractivity (Wildman–Crippen MR) is 118 cm³/mol. The molecule has 0 bridgehead atoms. The molecule has 1 aliphatic heterocycles. The number of aromatic nitrogens is 4. The van der Waals surface area contributed by atoms with Gasteiger partial charge in [-0.05, 0) is 5.56 Å². The Balaban J connectivity index is 1.55. The summed E-state index contributed by atoms with van der Waals surface area (Å²) in [5.41, 5.74) is 1.79. The van der Waals surface area contributed by atoms with E-state index >= 15 is 0 Å². The van der Waals surface area contributed by atoms with E-state index < -0.39 is 23.4 Å². The zero-order valence-corrected chi connectivity index (χ0v) is 17.7. The number of fused-ring (bicyclic) bond motifs is 1.